The molecule has 0 fully saturated rings. The SMILES string of the molecule is Nc1c(C(=O)NCc2cncs2)cccc1[N+](=O)[O-]. The van der Waals surface area contributed by atoms with Crippen molar-refractivity contribution in [2.24, 2.45) is 0 Å². The van der Waals surface area contributed by atoms with Gasteiger partial charge in [-0.2, -0.15) is 0 Å². The molecule has 1 heterocycles. The number of nitrogen functional groups attached to an aromatic ring is 1. The number of nitrogens with zero attached hydrogens (tertiary/aromatic N) is 2. The van der Waals surface area contributed by atoms with E-state index in [1.807, 2.05) is 0 Å². The summed E-state index contributed by atoms with van der Waals surface area (Å²) in [5, 5.41) is 13.4. The summed E-state index contributed by atoms with van der Waals surface area (Å²) in [5.74, 6) is -0.449. The second-order valence-electron chi connectivity index (χ2n) is 3.65. The predicted molar refractivity (Wildman–Crippen MR) is 70.8 cm³/mol. The van der Waals surface area contributed by atoms with Crippen molar-refractivity contribution in [1.29, 1.82) is 0 Å². The Morgan fingerprint density at radius 1 is 1.53 bits per heavy atom. The molecule has 0 saturated heterocycles. The lowest BCUT2D eigenvalue weighted by molar-refractivity contribution is -0.383. The highest BCUT2D eigenvalue weighted by Gasteiger charge is 2.18. The van der Waals surface area contributed by atoms with E-state index in [1.54, 1.807) is 11.7 Å². The molecule has 19 heavy (non-hydrogen) atoms. The van der Waals surface area contributed by atoms with Crippen molar-refractivity contribution in [1.82, 2.24) is 10.3 Å². The van der Waals surface area contributed by atoms with Gasteiger partial charge in [-0.15, -0.1) is 11.3 Å². The largest absolute Gasteiger partial charge is 0.393 e. The molecule has 0 spiro atoms. The standard InChI is InChI=1S/C11H10N4O3S/c12-10-8(2-1-3-9(10)15(17)18)11(16)14-5-7-4-13-6-19-7/h1-4,6H,5,12H2,(H,14,16). The molecule has 1 aromatic carbocycles. The van der Waals surface area contributed by atoms with Gasteiger partial charge in [-0.25, -0.2) is 0 Å². The Labute approximate surface area is 112 Å². The van der Waals surface area contributed by atoms with Crippen molar-refractivity contribution < 1.29 is 9.72 Å². The first kappa shape index (κ1) is 13.0. The van der Waals surface area contributed by atoms with E-state index >= 15 is 0 Å². The van der Waals surface area contributed by atoms with Crippen LogP contribution < -0.4 is 11.1 Å². The number of anilines is 1. The van der Waals surface area contributed by atoms with Gasteiger partial charge >= 0.3 is 0 Å². The van der Waals surface area contributed by atoms with Gasteiger partial charge in [-0.3, -0.25) is 19.9 Å². The number of aromatic nitrogens is 1. The summed E-state index contributed by atoms with van der Waals surface area (Å²) in [6, 6.07) is 4.13. The van der Waals surface area contributed by atoms with Gasteiger partial charge in [-0.05, 0) is 6.07 Å². The number of carbonyl (C=O) groups excluding carboxylic acids is 1. The second-order valence-corrected chi connectivity index (χ2v) is 4.62. The highest BCUT2D eigenvalue weighted by atomic mass is 32.1. The number of carbonyl (C=O) groups is 1. The van der Waals surface area contributed by atoms with Gasteiger partial charge < -0.3 is 11.1 Å². The average Bonchev–Trinajstić information content (AvgIpc) is 2.89. The second kappa shape index (κ2) is 5.44. The van der Waals surface area contributed by atoms with Crippen LogP contribution in [0.1, 0.15) is 15.2 Å². The van der Waals surface area contributed by atoms with Crippen LogP contribution in [0.3, 0.4) is 0 Å². The van der Waals surface area contributed by atoms with Crippen LogP contribution in [0, 0.1) is 10.1 Å². The number of benzene rings is 1. The highest BCUT2D eigenvalue weighted by Crippen LogP contribution is 2.24. The fourth-order valence-corrected chi connectivity index (χ4v) is 2.04. The maximum Gasteiger partial charge on any atom is 0.292 e. The quantitative estimate of drug-likeness (QED) is 0.501. The maximum atomic E-state index is 11.9. The minimum absolute atomic E-state index is 0.0960. The van der Waals surface area contributed by atoms with E-state index in [0.29, 0.717) is 6.54 Å². The van der Waals surface area contributed by atoms with Crippen LogP contribution in [-0.2, 0) is 6.54 Å². The molecule has 0 aliphatic rings. The average molecular weight is 278 g/mol. The van der Waals surface area contributed by atoms with E-state index in [1.165, 1.54) is 29.5 Å². The molecular weight excluding hydrogens is 268 g/mol. The molecule has 98 valence electrons. The number of thiazole rings is 1. The number of hydrogen-bond acceptors (Lipinski definition) is 6. The number of nitro groups is 1. The van der Waals surface area contributed by atoms with Gasteiger partial charge in [-0.1, -0.05) is 6.07 Å². The summed E-state index contributed by atoms with van der Waals surface area (Å²) in [5.41, 5.74) is 6.97. The Balaban J connectivity index is 2.15. The number of nitrogens with two attached hydrogens (primary N) is 1. The molecule has 1 aromatic heterocycles. The molecule has 0 unspecified atom stereocenters. The summed E-state index contributed by atoms with van der Waals surface area (Å²) >= 11 is 1.41. The van der Waals surface area contributed by atoms with Gasteiger partial charge in [0.05, 0.1) is 22.5 Å². The fraction of sp³-hybridized carbons (Fsp3) is 0.0909. The van der Waals surface area contributed by atoms with Crippen LogP contribution in [0.2, 0.25) is 0 Å². The molecule has 0 atom stereocenters. The van der Waals surface area contributed by atoms with Gasteiger partial charge in [0.2, 0.25) is 0 Å². The minimum Gasteiger partial charge on any atom is -0.393 e. The smallest absolute Gasteiger partial charge is 0.292 e. The van der Waals surface area contributed by atoms with E-state index in [-0.39, 0.29) is 16.9 Å². The minimum atomic E-state index is -0.616. The lowest BCUT2D eigenvalue weighted by Crippen LogP contribution is -2.23. The Kier molecular flexibility index (Phi) is 3.71. The first-order valence-corrected chi connectivity index (χ1v) is 6.16. The lowest BCUT2D eigenvalue weighted by atomic mass is 10.1. The van der Waals surface area contributed by atoms with Crippen LogP contribution in [0.4, 0.5) is 11.4 Å². The molecule has 0 aliphatic heterocycles. The van der Waals surface area contributed by atoms with E-state index in [9.17, 15) is 14.9 Å². The van der Waals surface area contributed by atoms with Crippen LogP contribution >= 0.6 is 11.3 Å². The highest BCUT2D eigenvalue weighted by molar-refractivity contribution is 7.09. The van der Waals surface area contributed by atoms with Crippen LogP contribution in [0.25, 0.3) is 0 Å². The molecular formula is C11H10N4O3S. The van der Waals surface area contributed by atoms with Crippen molar-refractivity contribution in [3.8, 4) is 0 Å². The predicted octanol–water partition coefficient (Wildman–Crippen LogP) is 1.56. The summed E-state index contributed by atoms with van der Waals surface area (Å²) in [4.78, 5) is 26.8. The first-order valence-electron chi connectivity index (χ1n) is 5.28. The molecule has 8 heteroatoms. The molecule has 2 aromatic rings. The van der Waals surface area contributed by atoms with Gasteiger partial charge in [0.1, 0.15) is 5.69 Å². The van der Waals surface area contributed by atoms with E-state index in [4.69, 9.17) is 5.73 Å². The molecule has 2 rings (SSSR count). The van der Waals surface area contributed by atoms with Crippen LogP contribution in [-0.4, -0.2) is 15.8 Å². The monoisotopic (exact) mass is 278 g/mol. The molecule has 0 radical (unpaired) electrons. The fourth-order valence-electron chi connectivity index (χ4n) is 1.50. The van der Waals surface area contributed by atoms with Crippen molar-refractivity contribution in [3.05, 3.63) is 50.5 Å². The normalized spacial score (nSPS) is 10.1. The number of amides is 1. The number of para-hydroxylation sites is 1. The third-order valence-corrected chi connectivity index (χ3v) is 3.21. The number of nitro benzene ring substituents is 1. The summed E-state index contributed by atoms with van der Waals surface area (Å²) < 4.78 is 0. The van der Waals surface area contributed by atoms with Crippen LogP contribution in [0.5, 0.6) is 0 Å². The maximum absolute atomic E-state index is 11.9. The first-order chi connectivity index (χ1) is 9.09. The van der Waals surface area contributed by atoms with Crippen molar-refractivity contribution in [2.75, 3.05) is 5.73 Å². The zero-order valence-electron chi connectivity index (χ0n) is 9.70. The zero-order chi connectivity index (χ0) is 13.8. The van der Waals surface area contributed by atoms with Crippen molar-refractivity contribution >= 4 is 28.6 Å². The molecule has 0 aliphatic carbocycles. The number of rotatable bonds is 4. The summed E-state index contributed by atoms with van der Waals surface area (Å²) in [6.45, 7) is 0.311. The van der Waals surface area contributed by atoms with E-state index in [0.717, 1.165) is 4.88 Å². The van der Waals surface area contributed by atoms with E-state index < -0.39 is 10.8 Å². The van der Waals surface area contributed by atoms with Gasteiger partial charge in [0, 0.05) is 17.1 Å². The molecule has 0 saturated carbocycles. The van der Waals surface area contributed by atoms with Crippen molar-refractivity contribution in [3.63, 3.8) is 0 Å². The lowest BCUT2D eigenvalue weighted by Gasteiger charge is -2.06. The van der Waals surface area contributed by atoms with Gasteiger partial charge in [0.25, 0.3) is 11.6 Å². The number of nitrogens with one attached hydrogen (secondary N) is 1. The van der Waals surface area contributed by atoms with Crippen molar-refractivity contribution in [2.45, 2.75) is 6.54 Å². The van der Waals surface area contributed by atoms with Gasteiger partial charge in [0.15, 0.2) is 0 Å². The number of hydrogen-bond donors (Lipinski definition) is 2. The van der Waals surface area contributed by atoms with Crippen LogP contribution in [0.15, 0.2) is 29.9 Å². The summed E-state index contributed by atoms with van der Waals surface area (Å²) in [6.07, 6.45) is 1.64. The molecule has 7 nitrogen and oxygen atoms in total. The Morgan fingerprint density at radius 2 is 2.32 bits per heavy atom. The Bertz CT molecular complexity index is 612. The third kappa shape index (κ3) is 2.86. The summed E-state index contributed by atoms with van der Waals surface area (Å²) in [7, 11) is 0. The molecule has 3 N–H and O–H groups in total. The topological polar surface area (TPSA) is 111 Å². The van der Waals surface area contributed by atoms with E-state index in [2.05, 4.69) is 10.3 Å². The Morgan fingerprint density at radius 3 is 2.95 bits per heavy atom. The molecule has 0 bridgehead atoms. The Hall–Kier alpha value is -2.48. The zero-order valence-corrected chi connectivity index (χ0v) is 10.5. The molecule has 1 amide bonds. The third-order valence-electron chi connectivity index (χ3n) is 2.43.